The fourth-order valence-corrected chi connectivity index (χ4v) is 2.17. The van der Waals surface area contributed by atoms with Crippen LogP contribution in [0.2, 0.25) is 0 Å². The number of nitrogens with two attached hydrogens (primary N) is 1. The molecule has 1 aromatic rings. The van der Waals surface area contributed by atoms with Crippen molar-refractivity contribution in [1.82, 2.24) is 9.97 Å². The van der Waals surface area contributed by atoms with Gasteiger partial charge in [-0.1, -0.05) is 12.8 Å². The SMILES string of the molecule is COc1c(N)ncnc1NCC1CCCC1. The average molecular weight is 222 g/mol. The number of methoxy groups -OCH3 is 1. The van der Waals surface area contributed by atoms with Crippen molar-refractivity contribution in [2.75, 3.05) is 24.7 Å². The van der Waals surface area contributed by atoms with Gasteiger partial charge < -0.3 is 15.8 Å². The molecule has 1 aliphatic rings. The molecule has 1 fully saturated rings. The molecule has 2 rings (SSSR count). The van der Waals surface area contributed by atoms with E-state index in [1.807, 2.05) is 0 Å². The highest BCUT2D eigenvalue weighted by Gasteiger charge is 2.16. The monoisotopic (exact) mass is 222 g/mol. The summed E-state index contributed by atoms with van der Waals surface area (Å²) >= 11 is 0. The number of hydrogen-bond donors (Lipinski definition) is 2. The van der Waals surface area contributed by atoms with Gasteiger partial charge in [0.15, 0.2) is 11.6 Å². The first kappa shape index (κ1) is 11.0. The molecule has 0 spiro atoms. The molecule has 1 aliphatic carbocycles. The standard InChI is InChI=1S/C11H18N4O/c1-16-9-10(12)14-7-15-11(9)13-6-8-4-2-3-5-8/h7-8H,2-6H2,1H3,(H3,12,13,14,15). The van der Waals surface area contributed by atoms with Crippen molar-refractivity contribution < 1.29 is 4.74 Å². The second kappa shape index (κ2) is 5.01. The van der Waals surface area contributed by atoms with E-state index in [4.69, 9.17) is 10.5 Å². The Labute approximate surface area is 95.4 Å². The van der Waals surface area contributed by atoms with E-state index in [2.05, 4.69) is 15.3 Å². The molecule has 0 bridgehead atoms. The molecule has 0 radical (unpaired) electrons. The predicted molar refractivity (Wildman–Crippen MR) is 63.4 cm³/mol. The molecule has 1 aromatic heterocycles. The van der Waals surface area contributed by atoms with Gasteiger partial charge in [0.1, 0.15) is 6.33 Å². The number of anilines is 2. The normalized spacial score (nSPS) is 16.3. The molecular weight excluding hydrogens is 204 g/mol. The van der Waals surface area contributed by atoms with Gasteiger partial charge in [-0.15, -0.1) is 0 Å². The maximum absolute atomic E-state index is 5.70. The Morgan fingerprint density at radius 2 is 2.19 bits per heavy atom. The first-order chi connectivity index (χ1) is 7.81. The van der Waals surface area contributed by atoms with Gasteiger partial charge in [-0.3, -0.25) is 0 Å². The van der Waals surface area contributed by atoms with Crippen LogP contribution in [0.1, 0.15) is 25.7 Å². The highest BCUT2D eigenvalue weighted by Crippen LogP contribution is 2.29. The Kier molecular flexibility index (Phi) is 3.44. The average Bonchev–Trinajstić information content (AvgIpc) is 2.79. The van der Waals surface area contributed by atoms with Crippen LogP contribution in [0.15, 0.2) is 6.33 Å². The van der Waals surface area contributed by atoms with Crippen molar-refractivity contribution in [2.45, 2.75) is 25.7 Å². The summed E-state index contributed by atoms with van der Waals surface area (Å²) < 4.78 is 5.18. The summed E-state index contributed by atoms with van der Waals surface area (Å²) in [6.07, 6.45) is 6.74. The van der Waals surface area contributed by atoms with Crippen LogP contribution in [0.5, 0.6) is 5.75 Å². The largest absolute Gasteiger partial charge is 0.490 e. The van der Waals surface area contributed by atoms with Crippen LogP contribution < -0.4 is 15.8 Å². The van der Waals surface area contributed by atoms with Crippen molar-refractivity contribution in [3.63, 3.8) is 0 Å². The lowest BCUT2D eigenvalue weighted by atomic mass is 10.1. The van der Waals surface area contributed by atoms with Crippen LogP contribution in [-0.4, -0.2) is 23.6 Å². The number of nitrogens with zero attached hydrogens (tertiary/aromatic N) is 2. The Hall–Kier alpha value is -1.52. The summed E-state index contributed by atoms with van der Waals surface area (Å²) in [5.74, 6) is 2.37. The highest BCUT2D eigenvalue weighted by atomic mass is 16.5. The molecule has 0 aromatic carbocycles. The summed E-state index contributed by atoms with van der Waals surface area (Å²) in [6, 6.07) is 0. The van der Waals surface area contributed by atoms with Crippen molar-refractivity contribution in [1.29, 1.82) is 0 Å². The van der Waals surface area contributed by atoms with Gasteiger partial charge in [-0.05, 0) is 18.8 Å². The third-order valence-electron chi connectivity index (χ3n) is 3.07. The smallest absolute Gasteiger partial charge is 0.203 e. The number of rotatable bonds is 4. The molecule has 0 amide bonds. The van der Waals surface area contributed by atoms with Crippen molar-refractivity contribution in [3.8, 4) is 5.75 Å². The minimum absolute atomic E-state index is 0.381. The molecule has 5 heteroatoms. The van der Waals surface area contributed by atoms with Crippen LogP contribution in [0.25, 0.3) is 0 Å². The van der Waals surface area contributed by atoms with Crippen molar-refractivity contribution in [3.05, 3.63) is 6.33 Å². The number of ether oxygens (including phenoxy) is 1. The molecule has 0 saturated heterocycles. The van der Waals surface area contributed by atoms with Gasteiger partial charge in [0.2, 0.25) is 5.75 Å². The second-order valence-corrected chi connectivity index (χ2v) is 4.17. The third kappa shape index (κ3) is 2.35. The van der Waals surface area contributed by atoms with Gasteiger partial charge >= 0.3 is 0 Å². The third-order valence-corrected chi connectivity index (χ3v) is 3.07. The summed E-state index contributed by atoms with van der Waals surface area (Å²) in [4.78, 5) is 8.04. The molecule has 0 aliphatic heterocycles. The summed E-state index contributed by atoms with van der Waals surface area (Å²) in [5.41, 5.74) is 5.70. The Balaban J connectivity index is 2.00. The fraction of sp³-hybridized carbons (Fsp3) is 0.636. The summed E-state index contributed by atoms with van der Waals surface area (Å²) in [7, 11) is 1.58. The van der Waals surface area contributed by atoms with E-state index < -0.39 is 0 Å². The second-order valence-electron chi connectivity index (χ2n) is 4.17. The fourth-order valence-electron chi connectivity index (χ4n) is 2.17. The molecular formula is C11H18N4O. The zero-order chi connectivity index (χ0) is 11.4. The molecule has 5 nitrogen and oxygen atoms in total. The van der Waals surface area contributed by atoms with E-state index >= 15 is 0 Å². The minimum Gasteiger partial charge on any atom is -0.490 e. The Bertz CT molecular complexity index is 350. The molecule has 0 unspecified atom stereocenters. The van der Waals surface area contributed by atoms with Gasteiger partial charge in [0.25, 0.3) is 0 Å². The number of nitrogen functional groups attached to an aromatic ring is 1. The lowest BCUT2D eigenvalue weighted by Crippen LogP contribution is -2.13. The molecule has 3 N–H and O–H groups in total. The predicted octanol–water partition coefficient (Wildman–Crippen LogP) is 1.67. The van der Waals surface area contributed by atoms with Gasteiger partial charge in [0.05, 0.1) is 7.11 Å². The van der Waals surface area contributed by atoms with Crippen molar-refractivity contribution in [2.24, 2.45) is 5.92 Å². The Morgan fingerprint density at radius 1 is 1.44 bits per heavy atom. The molecule has 88 valence electrons. The molecule has 0 atom stereocenters. The van der Waals surface area contributed by atoms with Crippen LogP contribution in [0.4, 0.5) is 11.6 Å². The maximum Gasteiger partial charge on any atom is 0.203 e. The van der Waals surface area contributed by atoms with Gasteiger partial charge in [0, 0.05) is 6.54 Å². The van der Waals surface area contributed by atoms with E-state index in [9.17, 15) is 0 Å². The van der Waals surface area contributed by atoms with E-state index in [1.54, 1.807) is 7.11 Å². The van der Waals surface area contributed by atoms with Crippen LogP contribution >= 0.6 is 0 Å². The van der Waals surface area contributed by atoms with Crippen molar-refractivity contribution >= 4 is 11.6 Å². The topological polar surface area (TPSA) is 73.1 Å². The minimum atomic E-state index is 0.381. The van der Waals surface area contributed by atoms with E-state index in [1.165, 1.54) is 32.0 Å². The maximum atomic E-state index is 5.70. The Morgan fingerprint density at radius 3 is 2.88 bits per heavy atom. The number of aromatic nitrogens is 2. The lowest BCUT2D eigenvalue weighted by Gasteiger charge is -2.13. The molecule has 16 heavy (non-hydrogen) atoms. The van der Waals surface area contributed by atoms with Crippen LogP contribution in [0.3, 0.4) is 0 Å². The number of hydrogen-bond acceptors (Lipinski definition) is 5. The quantitative estimate of drug-likeness (QED) is 0.810. The van der Waals surface area contributed by atoms with Gasteiger partial charge in [-0.2, -0.15) is 0 Å². The van der Waals surface area contributed by atoms with E-state index in [0.717, 1.165) is 12.5 Å². The number of nitrogens with one attached hydrogen (secondary N) is 1. The summed E-state index contributed by atoms with van der Waals surface area (Å²) in [6.45, 7) is 0.937. The van der Waals surface area contributed by atoms with E-state index in [0.29, 0.717) is 17.4 Å². The summed E-state index contributed by atoms with van der Waals surface area (Å²) in [5, 5.41) is 3.29. The van der Waals surface area contributed by atoms with E-state index in [-0.39, 0.29) is 0 Å². The van der Waals surface area contributed by atoms with Crippen LogP contribution in [0, 0.1) is 5.92 Å². The van der Waals surface area contributed by atoms with Crippen LogP contribution in [-0.2, 0) is 0 Å². The first-order valence-electron chi connectivity index (χ1n) is 5.69. The molecule has 1 heterocycles. The zero-order valence-corrected chi connectivity index (χ0v) is 9.57. The zero-order valence-electron chi connectivity index (χ0n) is 9.57. The first-order valence-corrected chi connectivity index (χ1v) is 5.69. The van der Waals surface area contributed by atoms with Gasteiger partial charge in [-0.25, -0.2) is 9.97 Å². The lowest BCUT2D eigenvalue weighted by molar-refractivity contribution is 0.414. The molecule has 1 saturated carbocycles. The highest BCUT2D eigenvalue weighted by molar-refractivity contribution is 5.61.